The molecule has 83 heavy (non-hydrogen) atoms. The van der Waals surface area contributed by atoms with Gasteiger partial charge in [0.1, 0.15) is 13.2 Å². The highest BCUT2D eigenvalue weighted by Crippen LogP contribution is 2.12. The molecule has 0 radical (unpaired) electrons. The van der Waals surface area contributed by atoms with Gasteiger partial charge in [-0.05, 0) is 161 Å². The Morgan fingerprint density at radius 2 is 0.446 bits per heavy atom. The molecule has 1 atom stereocenters. The lowest BCUT2D eigenvalue weighted by molar-refractivity contribution is -0.167. The van der Waals surface area contributed by atoms with Crippen LogP contribution in [0, 0.1) is 0 Å². The predicted octanol–water partition coefficient (Wildman–Crippen LogP) is 22.5. The molecule has 0 aromatic rings. The van der Waals surface area contributed by atoms with Crippen molar-refractivity contribution in [3.8, 4) is 0 Å². The Kier molecular flexibility index (Phi) is 63.1. The predicted molar refractivity (Wildman–Crippen MR) is 361 cm³/mol. The Labute approximate surface area is 508 Å². The van der Waals surface area contributed by atoms with Crippen molar-refractivity contribution in [3.05, 3.63) is 219 Å². The van der Waals surface area contributed by atoms with Crippen molar-refractivity contribution in [2.24, 2.45) is 0 Å². The molecule has 6 heteroatoms. The van der Waals surface area contributed by atoms with E-state index in [0.717, 1.165) is 161 Å². The average Bonchev–Trinajstić information content (AvgIpc) is 3.49. The molecule has 0 heterocycles. The van der Waals surface area contributed by atoms with E-state index in [1.165, 1.54) is 12.8 Å². The minimum absolute atomic E-state index is 0.141. The smallest absolute Gasteiger partial charge is 0.306 e. The summed E-state index contributed by atoms with van der Waals surface area (Å²) in [6, 6.07) is 0. The number of carbonyl (C=O) groups is 3. The van der Waals surface area contributed by atoms with Crippen molar-refractivity contribution < 1.29 is 28.6 Å². The molecule has 0 N–H and O–H groups in total. The van der Waals surface area contributed by atoms with Crippen LogP contribution in [0.5, 0.6) is 0 Å². The SMILES string of the molecule is CC/C=C\C/C=C\C/C=C\C/C=C\C/C=C\C/C=C\C/C=C\CCCC(=O)OC(COC(=O)CCC/C=C\C/C=C\C/C=C\C/C=C\C/C=C\CC)COC(=O)CCCCCCCC/C=C\C/C=C\C/C=C\C/C=C\C/C=C\C/C=C\CC. The van der Waals surface area contributed by atoms with Crippen molar-refractivity contribution in [1.29, 1.82) is 0 Å². The van der Waals surface area contributed by atoms with Gasteiger partial charge in [0.25, 0.3) is 0 Å². The Morgan fingerprint density at radius 1 is 0.241 bits per heavy atom. The quantitative estimate of drug-likeness (QED) is 0.0261. The first-order valence-corrected chi connectivity index (χ1v) is 32.2. The van der Waals surface area contributed by atoms with E-state index in [1.54, 1.807) is 0 Å². The molecule has 458 valence electrons. The van der Waals surface area contributed by atoms with Crippen molar-refractivity contribution in [2.45, 2.75) is 232 Å². The molecule has 0 spiro atoms. The lowest BCUT2D eigenvalue weighted by Crippen LogP contribution is -2.30. The molecular formula is C77H114O6. The number of hydrogen-bond acceptors (Lipinski definition) is 6. The third kappa shape index (κ3) is 66.4. The molecule has 0 aromatic heterocycles. The van der Waals surface area contributed by atoms with Crippen LogP contribution in [0.15, 0.2) is 219 Å². The number of rotatable bonds is 55. The largest absolute Gasteiger partial charge is 0.462 e. The van der Waals surface area contributed by atoms with Gasteiger partial charge in [-0.1, -0.05) is 265 Å². The summed E-state index contributed by atoms with van der Waals surface area (Å²) in [5.41, 5.74) is 0. The second-order valence-electron chi connectivity index (χ2n) is 20.2. The van der Waals surface area contributed by atoms with E-state index in [-0.39, 0.29) is 38.0 Å². The highest BCUT2D eigenvalue weighted by Gasteiger charge is 2.19. The van der Waals surface area contributed by atoms with Gasteiger partial charge in [0.2, 0.25) is 0 Å². The van der Waals surface area contributed by atoms with E-state index in [0.29, 0.717) is 19.3 Å². The molecule has 0 aliphatic heterocycles. The lowest BCUT2D eigenvalue weighted by Gasteiger charge is -2.18. The van der Waals surface area contributed by atoms with E-state index < -0.39 is 12.1 Å². The topological polar surface area (TPSA) is 78.9 Å². The summed E-state index contributed by atoms with van der Waals surface area (Å²) in [6.45, 7) is 6.17. The molecular weight excluding hydrogens is 1020 g/mol. The number of carbonyl (C=O) groups excluding carboxylic acids is 3. The number of esters is 3. The molecule has 0 fully saturated rings. The van der Waals surface area contributed by atoms with Crippen LogP contribution < -0.4 is 0 Å². The van der Waals surface area contributed by atoms with Crippen molar-refractivity contribution in [3.63, 3.8) is 0 Å². The Bertz CT molecular complexity index is 2080. The maximum absolute atomic E-state index is 12.9. The molecule has 0 amide bonds. The maximum Gasteiger partial charge on any atom is 0.306 e. The molecule has 0 bridgehead atoms. The second-order valence-corrected chi connectivity index (χ2v) is 20.2. The van der Waals surface area contributed by atoms with E-state index in [4.69, 9.17) is 14.2 Å². The normalized spacial score (nSPS) is 13.6. The molecule has 0 saturated heterocycles. The fourth-order valence-corrected chi connectivity index (χ4v) is 7.76. The number of ether oxygens (including phenoxy) is 3. The van der Waals surface area contributed by atoms with Crippen LogP contribution in [-0.2, 0) is 28.6 Å². The number of allylic oxidation sites excluding steroid dienone is 36. The number of unbranched alkanes of at least 4 members (excludes halogenated alkanes) is 8. The van der Waals surface area contributed by atoms with Crippen LogP contribution in [0.3, 0.4) is 0 Å². The highest BCUT2D eigenvalue weighted by molar-refractivity contribution is 5.71. The zero-order chi connectivity index (χ0) is 59.9. The van der Waals surface area contributed by atoms with Crippen LogP contribution in [0.2, 0.25) is 0 Å². The molecule has 0 aliphatic carbocycles. The van der Waals surface area contributed by atoms with E-state index in [1.807, 2.05) is 0 Å². The van der Waals surface area contributed by atoms with E-state index in [2.05, 4.69) is 240 Å². The maximum atomic E-state index is 12.9. The van der Waals surface area contributed by atoms with Gasteiger partial charge >= 0.3 is 17.9 Å². The fourth-order valence-electron chi connectivity index (χ4n) is 7.76. The van der Waals surface area contributed by atoms with Crippen LogP contribution >= 0.6 is 0 Å². The summed E-state index contributed by atoms with van der Waals surface area (Å²) in [5, 5.41) is 0. The van der Waals surface area contributed by atoms with Crippen molar-refractivity contribution >= 4 is 17.9 Å². The first-order chi connectivity index (χ1) is 41.0. The van der Waals surface area contributed by atoms with Crippen LogP contribution in [0.1, 0.15) is 226 Å². The summed E-state index contributed by atoms with van der Waals surface area (Å²) in [5.74, 6) is -1.09. The van der Waals surface area contributed by atoms with Gasteiger partial charge in [0.15, 0.2) is 6.10 Å². The van der Waals surface area contributed by atoms with Crippen LogP contribution in [-0.4, -0.2) is 37.2 Å². The zero-order valence-corrected chi connectivity index (χ0v) is 52.4. The van der Waals surface area contributed by atoms with Gasteiger partial charge in [0, 0.05) is 19.3 Å². The van der Waals surface area contributed by atoms with Crippen LogP contribution in [0.4, 0.5) is 0 Å². The summed E-state index contributed by atoms with van der Waals surface area (Å²) in [6.07, 6.45) is 107. The highest BCUT2D eigenvalue weighted by atomic mass is 16.6. The summed E-state index contributed by atoms with van der Waals surface area (Å²) in [4.78, 5) is 38.3. The standard InChI is InChI=1S/C77H114O6/c1-4-7-10-13-16-19-22-25-28-31-33-35-37-38-40-41-43-46-49-52-55-58-61-64-67-70-76(79)82-73-74(72-81-75(78)69-66-63-60-57-54-51-48-45-30-27-24-21-18-15-12-9-6-3)83-77(80)71-68-65-62-59-56-53-50-47-44-42-39-36-34-32-29-26-23-20-17-14-11-8-5-2/h7-12,16-21,25-30,33-36,38,40,42-44,46,48,50-51,53,57,59-60,62,74H,4-6,13-15,22-24,31-32,37,39,41,45,47,49,52,54-56,58,61,63-73H2,1-3H3/b10-7-,11-8-,12-9-,19-16-,20-17-,21-18-,28-25-,29-26-,30-27-,35-33-,36-34-,40-38-,44-42-,46-43-,51-48-,53-50-,60-57-,62-59-. The molecule has 0 aromatic carbocycles. The molecule has 6 nitrogen and oxygen atoms in total. The Morgan fingerprint density at radius 3 is 0.723 bits per heavy atom. The van der Waals surface area contributed by atoms with Gasteiger partial charge in [-0.3, -0.25) is 14.4 Å². The third-order valence-corrected chi connectivity index (χ3v) is 12.5. The molecule has 1 unspecified atom stereocenters. The number of hydrogen-bond donors (Lipinski definition) is 0. The minimum atomic E-state index is -0.855. The Hall–Kier alpha value is -6.27. The van der Waals surface area contributed by atoms with E-state index in [9.17, 15) is 14.4 Å². The Balaban J connectivity index is 4.63. The van der Waals surface area contributed by atoms with Crippen molar-refractivity contribution in [1.82, 2.24) is 0 Å². The first-order valence-electron chi connectivity index (χ1n) is 32.2. The molecule has 0 saturated carbocycles. The average molecular weight is 1140 g/mol. The zero-order valence-electron chi connectivity index (χ0n) is 52.4. The summed E-state index contributed by atoms with van der Waals surface area (Å²) in [7, 11) is 0. The summed E-state index contributed by atoms with van der Waals surface area (Å²) < 4.78 is 16.8. The van der Waals surface area contributed by atoms with Crippen LogP contribution in [0.25, 0.3) is 0 Å². The summed E-state index contributed by atoms with van der Waals surface area (Å²) >= 11 is 0. The van der Waals surface area contributed by atoms with Gasteiger partial charge in [0.05, 0.1) is 0 Å². The second kappa shape index (κ2) is 68.2. The van der Waals surface area contributed by atoms with Gasteiger partial charge in [-0.15, -0.1) is 0 Å². The monoisotopic (exact) mass is 1130 g/mol. The van der Waals surface area contributed by atoms with Crippen molar-refractivity contribution in [2.75, 3.05) is 13.2 Å². The van der Waals surface area contributed by atoms with Gasteiger partial charge in [-0.2, -0.15) is 0 Å². The molecule has 0 rings (SSSR count). The lowest BCUT2D eigenvalue weighted by atomic mass is 10.1. The van der Waals surface area contributed by atoms with E-state index >= 15 is 0 Å². The van der Waals surface area contributed by atoms with Gasteiger partial charge < -0.3 is 14.2 Å². The third-order valence-electron chi connectivity index (χ3n) is 12.5. The van der Waals surface area contributed by atoms with Gasteiger partial charge in [-0.25, -0.2) is 0 Å². The first kappa shape index (κ1) is 76.7. The minimum Gasteiger partial charge on any atom is -0.462 e. The molecule has 0 aliphatic rings. The fraction of sp³-hybridized carbons (Fsp3) is 0.494.